The van der Waals surface area contributed by atoms with Gasteiger partial charge in [0.2, 0.25) is 0 Å². The number of aryl methyl sites for hydroxylation is 1. The molecule has 0 saturated carbocycles. The highest BCUT2D eigenvalue weighted by atomic mass is 16.6. The number of rotatable bonds is 10. The Morgan fingerprint density at radius 3 is 2.33 bits per heavy atom. The second-order valence-electron chi connectivity index (χ2n) is 7.57. The van der Waals surface area contributed by atoms with Gasteiger partial charge in [0.25, 0.3) is 11.8 Å². The lowest BCUT2D eigenvalue weighted by molar-refractivity contribution is -0.142. The molecule has 2 aromatic carbocycles. The second-order valence-corrected chi connectivity index (χ2v) is 7.57. The molecule has 1 unspecified atom stereocenters. The number of carbonyl (C=O) groups excluding carboxylic acids is 3. The van der Waals surface area contributed by atoms with E-state index in [1.165, 1.54) is 20.4 Å². The van der Waals surface area contributed by atoms with Crippen LogP contribution in [0.5, 0.6) is 11.5 Å². The summed E-state index contributed by atoms with van der Waals surface area (Å²) in [6.45, 7) is 5.35. The maximum atomic E-state index is 12.6. The number of hydrogen-bond donors (Lipinski definition) is 2. The minimum atomic E-state index is -0.764. The minimum absolute atomic E-state index is 0.152. The third-order valence-electron chi connectivity index (χ3n) is 4.70. The van der Waals surface area contributed by atoms with Gasteiger partial charge in [-0.05, 0) is 48.7 Å². The van der Waals surface area contributed by atoms with Crippen LogP contribution in [0.25, 0.3) is 0 Å². The van der Waals surface area contributed by atoms with Crippen molar-refractivity contribution in [3.63, 3.8) is 0 Å². The van der Waals surface area contributed by atoms with Gasteiger partial charge in [0.05, 0.1) is 20.4 Å². The van der Waals surface area contributed by atoms with Gasteiger partial charge >= 0.3 is 5.97 Å². The summed E-state index contributed by atoms with van der Waals surface area (Å²) in [5.41, 5.74) is 4.60. The van der Waals surface area contributed by atoms with E-state index in [4.69, 9.17) is 9.47 Å². The number of benzene rings is 2. The van der Waals surface area contributed by atoms with Crippen molar-refractivity contribution < 1.29 is 28.6 Å². The molecule has 2 amide bonds. The molecule has 176 valence electrons. The Labute approximate surface area is 193 Å². The van der Waals surface area contributed by atoms with Crippen LogP contribution in [0.3, 0.4) is 0 Å². The Hall–Kier alpha value is -3.88. The zero-order valence-corrected chi connectivity index (χ0v) is 19.4. The van der Waals surface area contributed by atoms with Crippen LogP contribution in [0.1, 0.15) is 35.3 Å². The molecule has 9 heteroatoms. The van der Waals surface area contributed by atoms with Crippen molar-refractivity contribution in [1.29, 1.82) is 0 Å². The molecule has 2 rings (SSSR count). The van der Waals surface area contributed by atoms with Crippen LogP contribution < -0.4 is 20.2 Å². The lowest BCUT2D eigenvalue weighted by atomic mass is 10.0. The predicted octanol–water partition coefficient (Wildman–Crippen LogP) is 2.46. The highest BCUT2D eigenvalue weighted by molar-refractivity contribution is 5.97. The van der Waals surface area contributed by atoms with Crippen molar-refractivity contribution in [3.05, 3.63) is 59.2 Å². The largest absolute Gasteiger partial charge is 0.493 e. The first kappa shape index (κ1) is 25.4. The first-order chi connectivity index (χ1) is 15.7. The van der Waals surface area contributed by atoms with E-state index in [0.29, 0.717) is 22.6 Å². The summed E-state index contributed by atoms with van der Waals surface area (Å²) in [5.74, 6) is -0.685. The van der Waals surface area contributed by atoms with Crippen molar-refractivity contribution in [3.8, 4) is 11.5 Å². The molecular formula is C24H29N3O6. The Bertz CT molecular complexity index is 1000. The molecule has 0 bridgehead atoms. The van der Waals surface area contributed by atoms with Crippen LogP contribution in [0, 0.1) is 12.8 Å². The molecular weight excluding hydrogens is 426 g/mol. The molecule has 2 aromatic rings. The van der Waals surface area contributed by atoms with Crippen molar-refractivity contribution in [2.45, 2.75) is 26.8 Å². The Morgan fingerprint density at radius 1 is 1.03 bits per heavy atom. The quantitative estimate of drug-likeness (QED) is 0.323. The lowest BCUT2D eigenvalue weighted by Crippen LogP contribution is -2.48. The highest BCUT2D eigenvalue weighted by Gasteiger charge is 2.24. The fourth-order valence-corrected chi connectivity index (χ4v) is 2.78. The number of hydrazone groups is 1. The summed E-state index contributed by atoms with van der Waals surface area (Å²) in [7, 11) is 2.74. The third kappa shape index (κ3) is 7.64. The molecule has 1 atom stereocenters. The van der Waals surface area contributed by atoms with E-state index in [9.17, 15) is 14.4 Å². The van der Waals surface area contributed by atoms with Gasteiger partial charge in [0, 0.05) is 5.56 Å². The van der Waals surface area contributed by atoms with Crippen LogP contribution in [0.15, 0.2) is 47.6 Å². The molecule has 0 fully saturated rings. The van der Waals surface area contributed by atoms with Gasteiger partial charge in [-0.1, -0.05) is 31.5 Å². The average molecular weight is 456 g/mol. The number of methoxy groups -OCH3 is 2. The zero-order valence-electron chi connectivity index (χ0n) is 19.4. The maximum Gasteiger partial charge on any atom is 0.343 e. The summed E-state index contributed by atoms with van der Waals surface area (Å²) >= 11 is 0. The van der Waals surface area contributed by atoms with Gasteiger partial charge in [-0.25, -0.2) is 10.2 Å². The summed E-state index contributed by atoms with van der Waals surface area (Å²) in [6.07, 6.45) is 1.43. The van der Waals surface area contributed by atoms with Gasteiger partial charge in [-0.3, -0.25) is 9.59 Å². The summed E-state index contributed by atoms with van der Waals surface area (Å²) in [4.78, 5) is 36.4. The highest BCUT2D eigenvalue weighted by Crippen LogP contribution is 2.27. The van der Waals surface area contributed by atoms with E-state index in [1.807, 2.05) is 32.9 Å². The molecule has 0 spiro atoms. The SMILES string of the molecule is COC(=O)COc1ccc(C=NNC(=O)C(NC(=O)c2ccc(C)cc2)C(C)C)cc1OC. The molecule has 0 aliphatic rings. The number of carbonyl (C=O) groups is 3. The van der Waals surface area contributed by atoms with Crippen LogP contribution >= 0.6 is 0 Å². The molecule has 9 nitrogen and oxygen atoms in total. The van der Waals surface area contributed by atoms with E-state index < -0.39 is 17.9 Å². The molecule has 33 heavy (non-hydrogen) atoms. The molecule has 0 aliphatic heterocycles. The van der Waals surface area contributed by atoms with E-state index in [1.54, 1.807) is 30.3 Å². The zero-order chi connectivity index (χ0) is 24.4. The van der Waals surface area contributed by atoms with E-state index in [2.05, 4.69) is 20.6 Å². The van der Waals surface area contributed by atoms with Gasteiger partial charge in [-0.15, -0.1) is 0 Å². The van der Waals surface area contributed by atoms with Gasteiger partial charge in [0.15, 0.2) is 18.1 Å². The lowest BCUT2D eigenvalue weighted by Gasteiger charge is -2.20. The Kier molecular flexibility index (Phi) is 9.41. The normalized spacial score (nSPS) is 11.7. The third-order valence-corrected chi connectivity index (χ3v) is 4.70. The summed E-state index contributed by atoms with van der Waals surface area (Å²) < 4.78 is 15.2. The minimum Gasteiger partial charge on any atom is -0.493 e. The van der Waals surface area contributed by atoms with Crippen LogP contribution in [0.4, 0.5) is 0 Å². The first-order valence-electron chi connectivity index (χ1n) is 10.3. The van der Waals surface area contributed by atoms with Crippen LogP contribution in [-0.2, 0) is 14.3 Å². The standard InChI is InChI=1S/C24H29N3O6/c1-15(2)22(26-23(29)18-9-6-16(3)7-10-18)24(30)27-25-13-17-8-11-19(20(12-17)31-4)33-14-21(28)32-5/h6-13,15,22H,14H2,1-5H3,(H,26,29)(H,27,30). The van der Waals surface area contributed by atoms with E-state index >= 15 is 0 Å². The number of ether oxygens (including phenoxy) is 3. The fourth-order valence-electron chi connectivity index (χ4n) is 2.78. The number of amides is 2. The molecule has 0 radical (unpaired) electrons. The number of hydrogen-bond acceptors (Lipinski definition) is 7. The number of nitrogens with zero attached hydrogens (tertiary/aromatic N) is 1. The molecule has 0 aliphatic carbocycles. The average Bonchev–Trinajstić information content (AvgIpc) is 2.81. The van der Waals surface area contributed by atoms with Crippen LogP contribution in [-0.4, -0.2) is 50.9 Å². The molecule has 0 saturated heterocycles. The maximum absolute atomic E-state index is 12.6. The van der Waals surface area contributed by atoms with E-state index in [-0.39, 0.29) is 18.4 Å². The van der Waals surface area contributed by atoms with Gasteiger partial charge in [0.1, 0.15) is 6.04 Å². The Balaban J connectivity index is 2.01. The molecule has 2 N–H and O–H groups in total. The van der Waals surface area contributed by atoms with Gasteiger partial charge in [-0.2, -0.15) is 5.10 Å². The summed E-state index contributed by atoms with van der Waals surface area (Å²) in [5, 5.41) is 6.74. The predicted molar refractivity (Wildman–Crippen MR) is 124 cm³/mol. The van der Waals surface area contributed by atoms with Crippen molar-refractivity contribution >= 4 is 24.0 Å². The summed E-state index contributed by atoms with van der Waals surface area (Å²) in [6, 6.07) is 11.3. The fraction of sp³-hybridized carbons (Fsp3) is 0.333. The first-order valence-corrected chi connectivity index (χ1v) is 10.3. The Morgan fingerprint density at radius 2 is 1.73 bits per heavy atom. The monoisotopic (exact) mass is 455 g/mol. The van der Waals surface area contributed by atoms with Crippen molar-refractivity contribution in [1.82, 2.24) is 10.7 Å². The molecule has 0 aromatic heterocycles. The topological polar surface area (TPSA) is 115 Å². The van der Waals surface area contributed by atoms with Crippen LogP contribution in [0.2, 0.25) is 0 Å². The van der Waals surface area contributed by atoms with Gasteiger partial charge < -0.3 is 19.5 Å². The second kappa shape index (κ2) is 12.2. The number of nitrogens with one attached hydrogen (secondary N) is 2. The van der Waals surface area contributed by atoms with Crippen molar-refractivity contribution in [2.24, 2.45) is 11.0 Å². The number of esters is 1. The smallest absolute Gasteiger partial charge is 0.343 e. The van der Waals surface area contributed by atoms with E-state index in [0.717, 1.165) is 5.56 Å². The van der Waals surface area contributed by atoms with Crippen molar-refractivity contribution in [2.75, 3.05) is 20.8 Å². The molecule has 0 heterocycles.